The van der Waals surface area contributed by atoms with E-state index in [1.165, 1.54) is 0 Å². The summed E-state index contributed by atoms with van der Waals surface area (Å²) in [5, 5.41) is 2.89. The Bertz CT molecular complexity index is 656. The smallest absolute Gasteiger partial charge is 0.255 e. The molecule has 0 bridgehead atoms. The highest BCUT2D eigenvalue weighted by molar-refractivity contribution is 9.10. The van der Waals surface area contributed by atoms with Crippen molar-refractivity contribution in [1.82, 2.24) is 0 Å². The summed E-state index contributed by atoms with van der Waals surface area (Å²) in [7, 11) is 0. The molecule has 0 radical (unpaired) electrons. The zero-order valence-electron chi connectivity index (χ0n) is 13.3. The minimum atomic E-state index is -0.157. The first-order valence-corrected chi connectivity index (χ1v) is 8.27. The van der Waals surface area contributed by atoms with Crippen LogP contribution in [0.25, 0.3) is 0 Å². The van der Waals surface area contributed by atoms with E-state index in [0.717, 1.165) is 21.5 Å². The molecule has 1 amide bonds. The highest BCUT2D eigenvalue weighted by Crippen LogP contribution is 2.24. The molecule has 5 heteroatoms. The van der Waals surface area contributed by atoms with Crippen molar-refractivity contribution < 1.29 is 14.3 Å². The number of nitrogens with one attached hydrogen (secondary N) is 1. The SMILES string of the molecule is CCOCCOc1ccc(C(=O)Nc2ccc(C)cc2Br)cc1. The summed E-state index contributed by atoms with van der Waals surface area (Å²) in [6.07, 6.45) is 0. The summed E-state index contributed by atoms with van der Waals surface area (Å²) in [5.41, 5.74) is 2.45. The Morgan fingerprint density at radius 1 is 1.13 bits per heavy atom. The van der Waals surface area contributed by atoms with Crippen molar-refractivity contribution in [2.75, 3.05) is 25.1 Å². The Labute approximate surface area is 144 Å². The molecule has 0 saturated carbocycles. The molecule has 4 nitrogen and oxygen atoms in total. The molecule has 0 heterocycles. The Kier molecular flexibility index (Phi) is 6.62. The van der Waals surface area contributed by atoms with Crippen molar-refractivity contribution in [2.45, 2.75) is 13.8 Å². The maximum absolute atomic E-state index is 12.3. The third kappa shape index (κ3) is 5.37. The van der Waals surface area contributed by atoms with Gasteiger partial charge in [0.25, 0.3) is 5.91 Å². The maximum Gasteiger partial charge on any atom is 0.255 e. The fourth-order valence-corrected chi connectivity index (χ4v) is 2.57. The van der Waals surface area contributed by atoms with Gasteiger partial charge < -0.3 is 14.8 Å². The van der Waals surface area contributed by atoms with Crippen LogP contribution in [0.15, 0.2) is 46.9 Å². The lowest BCUT2D eigenvalue weighted by atomic mass is 10.2. The van der Waals surface area contributed by atoms with Crippen LogP contribution in [0, 0.1) is 6.92 Å². The van der Waals surface area contributed by atoms with Crippen molar-refractivity contribution in [3.63, 3.8) is 0 Å². The van der Waals surface area contributed by atoms with Crippen molar-refractivity contribution in [3.8, 4) is 5.75 Å². The fraction of sp³-hybridized carbons (Fsp3) is 0.278. The zero-order chi connectivity index (χ0) is 16.7. The summed E-state index contributed by atoms with van der Waals surface area (Å²) < 4.78 is 11.6. The lowest BCUT2D eigenvalue weighted by Gasteiger charge is -2.09. The van der Waals surface area contributed by atoms with Crippen molar-refractivity contribution in [2.24, 2.45) is 0 Å². The van der Waals surface area contributed by atoms with Crippen LogP contribution < -0.4 is 10.1 Å². The van der Waals surface area contributed by atoms with Gasteiger partial charge in [0.05, 0.1) is 12.3 Å². The average Bonchev–Trinajstić information content (AvgIpc) is 2.55. The minimum Gasteiger partial charge on any atom is -0.491 e. The number of benzene rings is 2. The van der Waals surface area contributed by atoms with Gasteiger partial charge in [-0.3, -0.25) is 4.79 Å². The van der Waals surface area contributed by atoms with Gasteiger partial charge in [-0.15, -0.1) is 0 Å². The molecule has 122 valence electrons. The molecule has 0 aliphatic carbocycles. The second-order valence-electron chi connectivity index (χ2n) is 5.01. The molecular formula is C18H20BrNO3. The van der Waals surface area contributed by atoms with Crippen LogP contribution in [0.3, 0.4) is 0 Å². The Morgan fingerprint density at radius 3 is 2.52 bits per heavy atom. The van der Waals surface area contributed by atoms with Crippen molar-refractivity contribution >= 4 is 27.5 Å². The quantitative estimate of drug-likeness (QED) is 0.726. The highest BCUT2D eigenvalue weighted by atomic mass is 79.9. The van der Waals surface area contributed by atoms with Gasteiger partial charge in [0, 0.05) is 16.6 Å². The first-order valence-electron chi connectivity index (χ1n) is 7.48. The molecular weight excluding hydrogens is 358 g/mol. The minimum absolute atomic E-state index is 0.157. The average molecular weight is 378 g/mol. The van der Waals surface area contributed by atoms with Gasteiger partial charge in [0.15, 0.2) is 0 Å². The normalized spacial score (nSPS) is 10.4. The molecule has 0 aliphatic heterocycles. The largest absolute Gasteiger partial charge is 0.491 e. The second-order valence-corrected chi connectivity index (χ2v) is 5.86. The number of amides is 1. The van der Waals surface area contributed by atoms with Gasteiger partial charge in [-0.2, -0.15) is 0 Å². The lowest BCUT2D eigenvalue weighted by Crippen LogP contribution is -2.12. The maximum atomic E-state index is 12.3. The molecule has 0 spiro atoms. The first kappa shape index (κ1) is 17.5. The van der Waals surface area contributed by atoms with Gasteiger partial charge in [0.1, 0.15) is 12.4 Å². The van der Waals surface area contributed by atoms with E-state index in [0.29, 0.717) is 25.4 Å². The van der Waals surface area contributed by atoms with E-state index in [9.17, 15) is 4.79 Å². The predicted molar refractivity (Wildman–Crippen MR) is 95.3 cm³/mol. The number of ether oxygens (including phenoxy) is 2. The molecule has 23 heavy (non-hydrogen) atoms. The molecule has 0 atom stereocenters. The third-order valence-electron chi connectivity index (χ3n) is 3.19. The summed E-state index contributed by atoms with van der Waals surface area (Å²) in [4.78, 5) is 12.3. The molecule has 0 unspecified atom stereocenters. The molecule has 1 N–H and O–H groups in total. The number of hydrogen-bond acceptors (Lipinski definition) is 3. The number of aryl methyl sites for hydroxylation is 1. The van der Waals surface area contributed by atoms with Gasteiger partial charge in [-0.1, -0.05) is 6.07 Å². The van der Waals surface area contributed by atoms with Crippen molar-refractivity contribution in [1.29, 1.82) is 0 Å². The summed E-state index contributed by atoms with van der Waals surface area (Å²) in [5.74, 6) is 0.563. The van der Waals surface area contributed by atoms with E-state index < -0.39 is 0 Å². The topological polar surface area (TPSA) is 47.6 Å². The van der Waals surface area contributed by atoms with Gasteiger partial charge >= 0.3 is 0 Å². The Balaban J connectivity index is 1.94. The number of hydrogen-bond donors (Lipinski definition) is 1. The van der Waals surface area contributed by atoms with Gasteiger partial charge in [-0.25, -0.2) is 0 Å². The molecule has 0 aromatic heterocycles. The Morgan fingerprint density at radius 2 is 1.87 bits per heavy atom. The van der Waals surface area contributed by atoms with Crippen LogP contribution in [0.1, 0.15) is 22.8 Å². The molecule has 0 fully saturated rings. The number of halogens is 1. The molecule has 2 rings (SSSR count). The van der Waals surface area contributed by atoms with Gasteiger partial charge in [-0.05, 0) is 71.7 Å². The third-order valence-corrected chi connectivity index (χ3v) is 3.85. The van der Waals surface area contributed by atoms with Crippen LogP contribution in [0.2, 0.25) is 0 Å². The van der Waals surface area contributed by atoms with Crippen LogP contribution in [0.5, 0.6) is 5.75 Å². The Hall–Kier alpha value is -1.85. The molecule has 2 aromatic carbocycles. The number of anilines is 1. The second kappa shape index (κ2) is 8.70. The standard InChI is InChI=1S/C18H20BrNO3/c1-3-22-10-11-23-15-7-5-14(6-8-15)18(21)20-17-9-4-13(2)12-16(17)19/h4-9,12H,3,10-11H2,1-2H3,(H,20,21). The number of carbonyl (C=O) groups excluding carboxylic acids is 1. The van der Waals surface area contributed by atoms with E-state index in [4.69, 9.17) is 9.47 Å². The van der Waals surface area contributed by atoms with E-state index in [1.54, 1.807) is 24.3 Å². The van der Waals surface area contributed by atoms with Crippen LogP contribution in [0.4, 0.5) is 5.69 Å². The highest BCUT2D eigenvalue weighted by Gasteiger charge is 2.08. The molecule has 0 aliphatic rings. The zero-order valence-corrected chi connectivity index (χ0v) is 14.9. The van der Waals surface area contributed by atoms with E-state index in [1.807, 2.05) is 32.0 Å². The molecule has 2 aromatic rings. The summed E-state index contributed by atoms with van der Waals surface area (Å²) in [6, 6.07) is 12.8. The van der Waals surface area contributed by atoms with E-state index >= 15 is 0 Å². The fourth-order valence-electron chi connectivity index (χ4n) is 1.98. The van der Waals surface area contributed by atoms with Crippen LogP contribution in [-0.4, -0.2) is 25.7 Å². The van der Waals surface area contributed by atoms with Crippen LogP contribution >= 0.6 is 15.9 Å². The lowest BCUT2D eigenvalue weighted by molar-refractivity contribution is 0.102. The van der Waals surface area contributed by atoms with Crippen LogP contribution in [-0.2, 0) is 4.74 Å². The summed E-state index contributed by atoms with van der Waals surface area (Å²) >= 11 is 3.45. The van der Waals surface area contributed by atoms with E-state index in [2.05, 4.69) is 21.2 Å². The molecule has 0 saturated heterocycles. The van der Waals surface area contributed by atoms with E-state index in [-0.39, 0.29) is 5.91 Å². The van der Waals surface area contributed by atoms with Crippen molar-refractivity contribution in [3.05, 3.63) is 58.1 Å². The number of carbonyl (C=O) groups is 1. The monoisotopic (exact) mass is 377 g/mol. The van der Waals surface area contributed by atoms with Gasteiger partial charge in [0.2, 0.25) is 0 Å². The number of rotatable bonds is 7. The summed E-state index contributed by atoms with van der Waals surface area (Å²) in [6.45, 7) is 5.67. The predicted octanol–water partition coefficient (Wildman–Crippen LogP) is 4.43. The first-order chi connectivity index (χ1) is 11.1.